The molecular weight excluding hydrogens is 244 g/mol. The molecule has 1 aliphatic rings. The van der Waals surface area contributed by atoms with Crippen LogP contribution in [0.2, 0.25) is 0 Å². The first-order chi connectivity index (χ1) is 8.83. The number of benzene rings is 2. The third-order valence-electron chi connectivity index (χ3n) is 3.36. The monoisotopic (exact) mass is 258 g/mol. The number of halogens is 1. The van der Waals surface area contributed by atoms with Gasteiger partial charge in [-0.1, -0.05) is 48.5 Å². The lowest BCUT2D eigenvalue weighted by Crippen LogP contribution is -1.97. The Morgan fingerprint density at radius 2 is 1.78 bits per heavy atom. The molecule has 0 amide bonds. The van der Waals surface area contributed by atoms with Crippen molar-refractivity contribution in [3.63, 3.8) is 0 Å². The zero-order chi connectivity index (χ0) is 12.4. The van der Waals surface area contributed by atoms with E-state index in [1.54, 1.807) is 0 Å². The highest BCUT2D eigenvalue weighted by Gasteiger charge is 2.15. The van der Waals surface area contributed by atoms with Gasteiger partial charge < -0.3 is 4.74 Å². The largest absolute Gasteiger partial charge is 0.372 e. The summed E-state index contributed by atoms with van der Waals surface area (Å²) in [5, 5.41) is 0.0262. The fraction of sp³-hybridized carbons (Fsp3) is 0.250. The Hall–Kier alpha value is -1.31. The smallest absolute Gasteiger partial charge is 0.0725 e. The molecule has 3 rings (SSSR count). The van der Waals surface area contributed by atoms with Gasteiger partial charge in [0.2, 0.25) is 0 Å². The molecule has 1 atom stereocenters. The van der Waals surface area contributed by atoms with E-state index in [1.807, 2.05) is 6.07 Å². The lowest BCUT2D eigenvalue weighted by molar-refractivity contribution is 0.134. The number of rotatable bonds is 3. The van der Waals surface area contributed by atoms with E-state index >= 15 is 0 Å². The van der Waals surface area contributed by atoms with E-state index in [0.717, 1.165) is 19.6 Å². The lowest BCUT2D eigenvalue weighted by Gasteiger charge is -2.11. The molecule has 1 aliphatic heterocycles. The molecule has 92 valence electrons. The number of hydrogen-bond donors (Lipinski definition) is 0. The van der Waals surface area contributed by atoms with E-state index in [4.69, 9.17) is 16.3 Å². The first-order valence-electron chi connectivity index (χ1n) is 6.20. The molecule has 0 radical (unpaired) electrons. The second-order valence-electron chi connectivity index (χ2n) is 4.68. The van der Waals surface area contributed by atoms with Crippen LogP contribution in [0.25, 0.3) is 0 Å². The van der Waals surface area contributed by atoms with Crippen LogP contribution in [0, 0.1) is 0 Å². The fourth-order valence-corrected chi connectivity index (χ4v) is 2.64. The molecule has 0 aliphatic carbocycles. The summed E-state index contributed by atoms with van der Waals surface area (Å²) in [5.41, 5.74) is 5.03. The molecular formula is C16H15ClO. The van der Waals surface area contributed by atoms with Crippen molar-refractivity contribution >= 4 is 11.6 Å². The Morgan fingerprint density at radius 3 is 2.61 bits per heavy atom. The van der Waals surface area contributed by atoms with Crippen molar-refractivity contribution in [2.24, 2.45) is 0 Å². The molecule has 0 N–H and O–H groups in total. The maximum absolute atomic E-state index is 6.50. The molecule has 1 nitrogen and oxygen atoms in total. The van der Waals surface area contributed by atoms with Gasteiger partial charge in [0, 0.05) is 0 Å². The Kier molecular flexibility index (Phi) is 3.35. The van der Waals surface area contributed by atoms with Crippen LogP contribution in [0.5, 0.6) is 0 Å². The van der Waals surface area contributed by atoms with E-state index in [2.05, 4.69) is 42.5 Å². The van der Waals surface area contributed by atoms with Crippen LogP contribution in [0.1, 0.15) is 27.6 Å². The standard InChI is InChI=1S/C16H15ClO/c17-16(8-12-4-2-1-3-5-12)13-6-7-14-10-18-11-15(14)9-13/h1-7,9,16H,8,10-11H2. The SMILES string of the molecule is ClC(Cc1ccccc1)c1ccc2c(c1)COC2. The van der Waals surface area contributed by atoms with Crippen LogP contribution >= 0.6 is 11.6 Å². The van der Waals surface area contributed by atoms with Crippen molar-refractivity contribution in [3.05, 3.63) is 70.8 Å². The minimum Gasteiger partial charge on any atom is -0.372 e. The van der Waals surface area contributed by atoms with Gasteiger partial charge in [0.1, 0.15) is 0 Å². The maximum atomic E-state index is 6.50. The highest BCUT2D eigenvalue weighted by Crippen LogP contribution is 2.29. The van der Waals surface area contributed by atoms with Crippen molar-refractivity contribution in [1.29, 1.82) is 0 Å². The number of ether oxygens (including phenoxy) is 1. The molecule has 0 saturated carbocycles. The minimum absolute atomic E-state index is 0.0262. The second kappa shape index (κ2) is 5.13. The molecule has 0 saturated heterocycles. The summed E-state index contributed by atoms with van der Waals surface area (Å²) in [5.74, 6) is 0. The van der Waals surface area contributed by atoms with Gasteiger partial charge in [-0.05, 0) is 28.7 Å². The second-order valence-corrected chi connectivity index (χ2v) is 5.21. The Bertz CT molecular complexity index is 536. The van der Waals surface area contributed by atoms with E-state index in [-0.39, 0.29) is 5.38 Å². The van der Waals surface area contributed by atoms with Gasteiger partial charge >= 0.3 is 0 Å². The van der Waals surface area contributed by atoms with E-state index in [9.17, 15) is 0 Å². The van der Waals surface area contributed by atoms with E-state index in [0.29, 0.717) is 0 Å². The molecule has 2 heteroatoms. The van der Waals surface area contributed by atoms with Crippen LogP contribution in [0.15, 0.2) is 48.5 Å². The highest BCUT2D eigenvalue weighted by molar-refractivity contribution is 6.20. The third kappa shape index (κ3) is 2.43. The molecule has 0 fully saturated rings. The molecule has 1 unspecified atom stereocenters. The molecule has 2 aromatic carbocycles. The molecule has 0 bridgehead atoms. The predicted molar refractivity (Wildman–Crippen MR) is 73.7 cm³/mol. The highest BCUT2D eigenvalue weighted by atomic mass is 35.5. The van der Waals surface area contributed by atoms with Crippen LogP contribution < -0.4 is 0 Å². The molecule has 0 aromatic heterocycles. The first-order valence-corrected chi connectivity index (χ1v) is 6.64. The summed E-state index contributed by atoms with van der Waals surface area (Å²) < 4.78 is 5.42. The quantitative estimate of drug-likeness (QED) is 0.749. The van der Waals surface area contributed by atoms with Crippen molar-refractivity contribution in [2.75, 3.05) is 0 Å². The summed E-state index contributed by atoms with van der Waals surface area (Å²) in [6, 6.07) is 16.8. The third-order valence-corrected chi connectivity index (χ3v) is 3.77. The van der Waals surface area contributed by atoms with Crippen LogP contribution in [-0.2, 0) is 24.4 Å². The maximum Gasteiger partial charge on any atom is 0.0725 e. The van der Waals surface area contributed by atoms with E-state index in [1.165, 1.54) is 22.3 Å². The van der Waals surface area contributed by atoms with Gasteiger partial charge in [0.15, 0.2) is 0 Å². The van der Waals surface area contributed by atoms with Gasteiger partial charge in [0.25, 0.3) is 0 Å². The summed E-state index contributed by atoms with van der Waals surface area (Å²) in [6.07, 6.45) is 0.863. The zero-order valence-electron chi connectivity index (χ0n) is 10.1. The van der Waals surface area contributed by atoms with E-state index < -0.39 is 0 Å². The van der Waals surface area contributed by atoms with Gasteiger partial charge in [-0.25, -0.2) is 0 Å². The number of alkyl halides is 1. The predicted octanol–water partition coefficient (Wildman–Crippen LogP) is 4.24. The Balaban J connectivity index is 1.78. The van der Waals surface area contributed by atoms with Crippen molar-refractivity contribution in [3.8, 4) is 0 Å². The van der Waals surface area contributed by atoms with Crippen LogP contribution in [-0.4, -0.2) is 0 Å². The van der Waals surface area contributed by atoms with Crippen molar-refractivity contribution in [2.45, 2.75) is 25.0 Å². The molecule has 0 spiro atoms. The molecule has 2 aromatic rings. The minimum atomic E-state index is 0.0262. The van der Waals surface area contributed by atoms with Gasteiger partial charge in [0.05, 0.1) is 18.6 Å². The van der Waals surface area contributed by atoms with Crippen molar-refractivity contribution < 1.29 is 4.74 Å². The summed E-state index contributed by atoms with van der Waals surface area (Å²) in [7, 11) is 0. The first kappa shape index (κ1) is 11.8. The topological polar surface area (TPSA) is 9.23 Å². The number of fused-ring (bicyclic) bond motifs is 1. The summed E-state index contributed by atoms with van der Waals surface area (Å²) in [4.78, 5) is 0. The van der Waals surface area contributed by atoms with Crippen LogP contribution in [0.4, 0.5) is 0 Å². The zero-order valence-corrected chi connectivity index (χ0v) is 10.9. The average molecular weight is 259 g/mol. The van der Waals surface area contributed by atoms with Crippen LogP contribution in [0.3, 0.4) is 0 Å². The Morgan fingerprint density at radius 1 is 1.00 bits per heavy atom. The molecule has 18 heavy (non-hydrogen) atoms. The van der Waals surface area contributed by atoms with Gasteiger partial charge in [-0.2, -0.15) is 0 Å². The average Bonchev–Trinajstić information content (AvgIpc) is 2.87. The van der Waals surface area contributed by atoms with Gasteiger partial charge in [-0.15, -0.1) is 11.6 Å². The van der Waals surface area contributed by atoms with Crippen molar-refractivity contribution in [1.82, 2.24) is 0 Å². The normalized spacial score (nSPS) is 15.4. The number of hydrogen-bond acceptors (Lipinski definition) is 1. The summed E-state index contributed by atoms with van der Waals surface area (Å²) >= 11 is 6.50. The molecule has 1 heterocycles. The fourth-order valence-electron chi connectivity index (χ4n) is 2.33. The summed E-state index contributed by atoms with van der Waals surface area (Å²) in [6.45, 7) is 1.46. The lowest BCUT2D eigenvalue weighted by atomic mass is 10.00. The van der Waals surface area contributed by atoms with Gasteiger partial charge in [-0.3, -0.25) is 0 Å². The Labute approximate surface area is 112 Å².